The molecule has 0 radical (unpaired) electrons. The molecule has 1 fully saturated rings. The number of carbonyl (C=O) groups excluding carboxylic acids is 3. The van der Waals surface area contributed by atoms with Gasteiger partial charge >= 0.3 is 0 Å². The summed E-state index contributed by atoms with van der Waals surface area (Å²) in [6.07, 6.45) is -1.03. The number of rotatable bonds is 11. The monoisotopic (exact) mass is 737 g/mol. The molecule has 12 heteroatoms. The number of aliphatic hydroxyl groups is 1. The van der Waals surface area contributed by atoms with E-state index in [9.17, 15) is 14.7 Å². The molecule has 0 bridgehead atoms. The summed E-state index contributed by atoms with van der Waals surface area (Å²) in [5.74, 6) is -0.347. The quantitative estimate of drug-likeness (QED) is 0.139. The number of fused-ring (bicyclic) bond motifs is 3. The first kappa shape index (κ1) is 36.3. The molecular formula is C41H44FN3O7Si. The fraction of sp³-hybridized carbons (Fsp3) is 0.341. The SMILES string of the molecule is COc1ccc2c(c1)[C@]1(O[C@@H](CC(=O)N(CCO)Cc3ccccc3)[C@H]([Si](C)(C)F)[C@H]1C)C(=O)N2Cc1cccc(N2C(=O)COc3ccccc32)c1. The highest BCUT2D eigenvalue weighted by Gasteiger charge is 2.67. The first-order valence-corrected chi connectivity index (χ1v) is 20.8. The van der Waals surface area contributed by atoms with Crippen molar-refractivity contribution in [3.8, 4) is 11.5 Å². The van der Waals surface area contributed by atoms with Gasteiger partial charge in [0, 0.05) is 35.8 Å². The van der Waals surface area contributed by atoms with Crippen LogP contribution in [0.2, 0.25) is 18.6 Å². The van der Waals surface area contributed by atoms with E-state index in [1.54, 1.807) is 47.0 Å². The molecule has 0 aromatic heterocycles. The average Bonchev–Trinajstić information content (AvgIpc) is 3.57. The van der Waals surface area contributed by atoms with Gasteiger partial charge in [-0.05, 0) is 66.7 Å². The third kappa shape index (κ3) is 6.60. The van der Waals surface area contributed by atoms with E-state index in [1.165, 1.54) is 0 Å². The maximum Gasteiger partial charge on any atom is 0.269 e. The van der Waals surface area contributed by atoms with Gasteiger partial charge in [0.15, 0.2) is 12.2 Å². The van der Waals surface area contributed by atoms with E-state index >= 15 is 8.90 Å². The molecule has 53 heavy (non-hydrogen) atoms. The lowest BCUT2D eigenvalue weighted by Gasteiger charge is -2.31. The lowest BCUT2D eigenvalue weighted by Crippen LogP contribution is -2.45. The smallest absolute Gasteiger partial charge is 0.269 e. The summed E-state index contributed by atoms with van der Waals surface area (Å²) >= 11 is 0. The Hall–Kier alpha value is -5.04. The Balaban J connectivity index is 1.23. The van der Waals surface area contributed by atoms with Crippen LogP contribution in [0.15, 0.2) is 97.1 Å². The zero-order valence-corrected chi connectivity index (χ0v) is 31.3. The minimum Gasteiger partial charge on any atom is -0.497 e. The minimum atomic E-state index is -3.56. The second-order valence-electron chi connectivity index (χ2n) is 14.4. The van der Waals surface area contributed by atoms with E-state index in [4.69, 9.17) is 14.2 Å². The number of amides is 3. The number of para-hydroxylation sites is 2. The van der Waals surface area contributed by atoms with Gasteiger partial charge in [0.25, 0.3) is 11.8 Å². The molecule has 3 aliphatic heterocycles. The van der Waals surface area contributed by atoms with Crippen LogP contribution in [0.4, 0.5) is 21.2 Å². The molecule has 4 atom stereocenters. The lowest BCUT2D eigenvalue weighted by molar-refractivity contribution is -0.150. The zero-order valence-electron chi connectivity index (χ0n) is 30.3. The van der Waals surface area contributed by atoms with E-state index < -0.39 is 31.6 Å². The molecule has 4 aromatic carbocycles. The summed E-state index contributed by atoms with van der Waals surface area (Å²) in [5, 5.41) is 9.84. The molecule has 4 aromatic rings. The lowest BCUT2D eigenvalue weighted by atomic mass is 9.82. The third-order valence-electron chi connectivity index (χ3n) is 10.7. The van der Waals surface area contributed by atoms with Gasteiger partial charge in [0.05, 0.1) is 44.2 Å². The summed E-state index contributed by atoms with van der Waals surface area (Å²) in [6.45, 7) is 5.26. The Morgan fingerprint density at radius 2 is 1.72 bits per heavy atom. The topological polar surface area (TPSA) is 109 Å². The zero-order chi connectivity index (χ0) is 37.5. The highest BCUT2D eigenvalue weighted by molar-refractivity contribution is 6.72. The second kappa shape index (κ2) is 14.4. The van der Waals surface area contributed by atoms with E-state index in [0.29, 0.717) is 34.1 Å². The van der Waals surface area contributed by atoms with E-state index in [2.05, 4.69) is 0 Å². The van der Waals surface area contributed by atoms with Gasteiger partial charge in [-0.25, -0.2) is 0 Å². The van der Waals surface area contributed by atoms with Crippen molar-refractivity contribution in [3.05, 3.63) is 114 Å². The van der Waals surface area contributed by atoms with Crippen molar-refractivity contribution in [2.24, 2.45) is 5.92 Å². The fourth-order valence-electron chi connectivity index (χ4n) is 8.39. The molecule has 7 rings (SSSR count). The van der Waals surface area contributed by atoms with Crippen molar-refractivity contribution in [1.29, 1.82) is 0 Å². The number of nitrogens with zero attached hydrogens (tertiary/aromatic N) is 3. The fourth-order valence-corrected chi connectivity index (χ4v) is 10.9. The summed E-state index contributed by atoms with van der Waals surface area (Å²) in [7, 11) is -2.02. The molecule has 0 aliphatic carbocycles. The van der Waals surface area contributed by atoms with Crippen molar-refractivity contribution in [2.45, 2.75) is 56.8 Å². The van der Waals surface area contributed by atoms with Crippen LogP contribution in [-0.4, -0.2) is 69.1 Å². The molecule has 1 N–H and O–H groups in total. The van der Waals surface area contributed by atoms with Crippen molar-refractivity contribution in [3.63, 3.8) is 0 Å². The van der Waals surface area contributed by atoms with Crippen LogP contribution in [0.3, 0.4) is 0 Å². The Kier molecular flexibility index (Phi) is 9.88. The predicted molar refractivity (Wildman–Crippen MR) is 201 cm³/mol. The Morgan fingerprint density at radius 3 is 2.45 bits per heavy atom. The molecule has 1 spiro atoms. The minimum absolute atomic E-state index is 0.0953. The first-order chi connectivity index (χ1) is 25.5. The number of anilines is 3. The van der Waals surface area contributed by atoms with E-state index in [-0.39, 0.29) is 57.0 Å². The van der Waals surface area contributed by atoms with Crippen molar-refractivity contribution < 1.29 is 37.8 Å². The molecule has 276 valence electrons. The maximum absolute atomic E-state index is 16.5. The van der Waals surface area contributed by atoms with Gasteiger partial charge in [-0.2, -0.15) is 0 Å². The van der Waals surface area contributed by atoms with Gasteiger partial charge in [-0.3, -0.25) is 19.3 Å². The van der Waals surface area contributed by atoms with Gasteiger partial charge in [-0.1, -0.05) is 61.5 Å². The number of ether oxygens (including phenoxy) is 3. The summed E-state index contributed by atoms with van der Waals surface area (Å²) < 4.78 is 34.6. The van der Waals surface area contributed by atoms with Crippen LogP contribution >= 0.6 is 0 Å². The largest absolute Gasteiger partial charge is 0.497 e. The van der Waals surface area contributed by atoms with Crippen LogP contribution in [0.25, 0.3) is 0 Å². The summed E-state index contributed by atoms with van der Waals surface area (Å²) in [6, 6.07) is 29.7. The van der Waals surface area contributed by atoms with Crippen LogP contribution in [0.1, 0.15) is 30.0 Å². The maximum atomic E-state index is 16.5. The van der Waals surface area contributed by atoms with Gasteiger partial charge < -0.3 is 33.2 Å². The Labute approximate surface area is 309 Å². The molecule has 3 amide bonds. The Morgan fingerprint density at radius 1 is 0.981 bits per heavy atom. The van der Waals surface area contributed by atoms with Gasteiger partial charge in [-0.15, -0.1) is 0 Å². The van der Waals surface area contributed by atoms with Crippen molar-refractivity contribution in [1.82, 2.24) is 4.90 Å². The standard InChI is InChI=1S/C41H44FN3O7Si/c1-27-39(53(3,4)42)36(23-37(47)43(19-20-46)24-28-11-6-5-7-12-28)52-41(27)32-22-31(50-2)17-18-33(32)44(40(41)49)25-29-13-10-14-30(21-29)45-34-15-8-9-16-35(34)51-26-38(45)48/h5-18,21-22,27,36,39,46H,19-20,23-26H2,1-4H3/t27-,36+,39-,41+/m1/s1. The van der Waals surface area contributed by atoms with Crippen LogP contribution in [-0.2, 0) is 37.8 Å². The summed E-state index contributed by atoms with van der Waals surface area (Å²) in [4.78, 5) is 46.9. The number of hydrogen-bond donors (Lipinski definition) is 1. The molecule has 3 aliphatic rings. The van der Waals surface area contributed by atoms with Gasteiger partial charge in [0.1, 0.15) is 11.5 Å². The molecule has 1 saturated heterocycles. The molecule has 3 heterocycles. The molecule has 0 saturated carbocycles. The third-order valence-corrected chi connectivity index (χ3v) is 13.2. The average molecular weight is 738 g/mol. The van der Waals surface area contributed by atoms with Crippen LogP contribution in [0, 0.1) is 5.92 Å². The van der Waals surface area contributed by atoms with E-state index in [1.807, 2.05) is 91.9 Å². The highest BCUT2D eigenvalue weighted by atomic mass is 28.4. The highest BCUT2D eigenvalue weighted by Crippen LogP contribution is 2.61. The van der Waals surface area contributed by atoms with Crippen LogP contribution in [0.5, 0.6) is 11.5 Å². The normalized spacial score (nSPS) is 22.1. The number of aliphatic hydroxyl groups excluding tert-OH is 1. The van der Waals surface area contributed by atoms with Crippen LogP contribution < -0.4 is 19.3 Å². The molecule has 0 unspecified atom stereocenters. The van der Waals surface area contributed by atoms with E-state index in [0.717, 1.165) is 11.1 Å². The first-order valence-electron chi connectivity index (χ1n) is 17.9. The number of benzene rings is 4. The van der Waals surface area contributed by atoms with Crippen molar-refractivity contribution >= 4 is 43.2 Å². The van der Waals surface area contributed by atoms with Crippen molar-refractivity contribution in [2.75, 3.05) is 36.7 Å². The molecule has 10 nitrogen and oxygen atoms in total. The summed E-state index contributed by atoms with van der Waals surface area (Å²) in [5.41, 5.74) is 1.84. The number of halogens is 1. The molecular weight excluding hydrogens is 694 g/mol. The second-order valence-corrected chi connectivity index (χ2v) is 18.2. The number of hydrogen-bond acceptors (Lipinski definition) is 7. The number of methoxy groups -OCH3 is 1. The van der Waals surface area contributed by atoms with Gasteiger partial charge in [0.2, 0.25) is 14.3 Å². The Bertz CT molecular complexity index is 2020. The predicted octanol–water partition coefficient (Wildman–Crippen LogP) is 6.49. The number of carbonyl (C=O) groups is 3.